The Labute approximate surface area is 125 Å². The Bertz CT molecular complexity index is 450. The van der Waals surface area contributed by atoms with Crippen molar-refractivity contribution in [3.05, 3.63) is 11.4 Å². The molecule has 1 aromatic heterocycles. The molecule has 2 rings (SSSR count). The molecule has 2 N–H and O–H groups in total. The Morgan fingerprint density at radius 3 is 2.40 bits per heavy atom. The molecule has 20 heavy (non-hydrogen) atoms. The first-order valence-electron chi connectivity index (χ1n) is 7.12. The van der Waals surface area contributed by atoms with E-state index in [4.69, 9.17) is 4.65 Å². The fraction of sp³-hybridized carbons (Fsp3) is 0.714. The lowest BCUT2D eigenvalue weighted by molar-refractivity contribution is -0.0981. The Morgan fingerprint density at radius 1 is 1.25 bits per heavy atom. The minimum absolute atomic E-state index is 0.782. The number of aliphatic hydroxyl groups is 1. The Hall–Kier alpha value is -0.555. The van der Waals surface area contributed by atoms with Gasteiger partial charge in [-0.2, -0.15) is 11.3 Å². The predicted molar refractivity (Wildman–Crippen MR) is 84.8 cm³/mol. The van der Waals surface area contributed by atoms with E-state index in [1.165, 1.54) is 24.2 Å². The highest BCUT2D eigenvalue weighted by atomic mass is 32.1. The van der Waals surface area contributed by atoms with Gasteiger partial charge < -0.3 is 19.7 Å². The summed E-state index contributed by atoms with van der Waals surface area (Å²) in [5.74, 6) is 0. The van der Waals surface area contributed by atoms with Gasteiger partial charge in [-0.3, -0.25) is 0 Å². The van der Waals surface area contributed by atoms with E-state index >= 15 is 0 Å². The Balaban J connectivity index is 2.04. The van der Waals surface area contributed by atoms with Gasteiger partial charge in [0.1, 0.15) is 0 Å². The quantitative estimate of drug-likeness (QED) is 0.811. The summed E-state index contributed by atoms with van der Waals surface area (Å²) in [4.78, 5) is 2.33. The summed E-state index contributed by atoms with van der Waals surface area (Å²) < 4.78 is 6.44. The van der Waals surface area contributed by atoms with Gasteiger partial charge in [-0.05, 0) is 46.6 Å². The van der Waals surface area contributed by atoms with Crippen LogP contribution in [0.4, 0.5) is 5.69 Å². The van der Waals surface area contributed by atoms with Gasteiger partial charge in [-0.25, -0.2) is 0 Å². The molecule has 1 aliphatic rings. The van der Waals surface area contributed by atoms with E-state index in [9.17, 15) is 10.1 Å². The van der Waals surface area contributed by atoms with E-state index in [0.717, 1.165) is 23.6 Å². The van der Waals surface area contributed by atoms with Crippen molar-refractivity contribution in [2.45, 2.75) is 51.7 Å². The lowest BCUT2D eigenvalue weighted by Crippen LogP contribution is -2.52. The highest BCUT2D eigenvalue weighted by Gasteiger charge is 2.40. The fourth-order valence-corrected chi connectivity index (χ4v) is 2.92. The zero-order valence-electron chi connectivity index (χ0n) is 12.7. The zero-order chi connectivity index (χ0) is 15.0. The number of rotatable bonds is 5. The van der Waals surface area contributed by atoms with Crippen molar-refractivity contribution in [3.8, 4) is 0 Å². The lowest BCUT2D eigenvalue weighted by atomic mass is 9.82. The summed E-state index contributed by atoms with van der Waals surface area (Å²) in [7, 11) is -1.00. The van der Waals surface area contributed by atoms with Crippen molar-refractivity contribution in [1.29, 1.82) is 0 Å². The SMILES string of the molecule is CC(C)(O)C(C)(C)OB(O)c1cc(N2CCCC2)cs1. The maximum Gasteiger partial charge on any atom is 0.502 e. The summed E-state index contributed by atoms with van der Waals surface area (Å²) >= 11 is 1.50. The van der Waals surface area contributed by atoms with Crippen LogP contribution in [0.2, 0.25) is 0 Å². The van der Waals surface area contributed by atoms with Crippen LogP contribution in [0.5, 0.6) is 0 Å². The molecule has 6 heteroatoms. The van der Waals surface area contributed by atoms with Crippen LogP contribution in [0.15, 0.2) is 11.4 Å². The number of nitrogens with zero attached hydrogens (tertiary/aromatic N) is 1. The topological polar surface area (TPSA) is 52.9 Å². The molecule has 1 aliphatic heterocycles. The van der Waals surface area contributed by atoms with Crippen LogP contribution in [0.1, 0.15) is 40.5 Å². The first-order valence-corrected chi connectivity index (χ1v) is 8.00. The predicted octanol–water partition coefficient (Wildman–Crippen LogP) is 1.60. The Morgan fingerprint density at radius 2 is 1.85 bits per heavy atom. The van der Waals surface area contributed by atoms with E-state index in [2.05, 4.69) is 10.3 Å². The molecular formula is C14H24BNO3S. The summed E-state index contributed by atoms with van der Waals surface area (Å²) in [5, 5.41) is 22.4. The van der Waals surface area contributed by atoms with Gasteiger partial charge in [0.2, 0.25) is 0 Å². The first kappa shape index (κ1) is 15.8. The second-order valence-corrected chi connectivity index (χ2v) is 7.38. The van der Waals surface area contributed by atoms with Gasteiger partial charge in [-0.1, -0.05) is 0 Å². The zero-order valence-corrected chi connectivity index (χ0v) is 13.5. The van der Waals surface area contributed by atoms with Gasteiger partial charge in [0.15, 0.2) is 0 Å². The van der Waals surface area contributed by atoms with Gasteiger partial charge in [0, 0.05) is 28.9 Å². The van der Waals surface area contributed by atoms with Crippen LogP contribution in [0, 0.1) is 0 Å². The Kier molecular flexibility index (Phi) is 4.49. The summed E-state index contributed by atoms with van der Waals surface area (Å²) in [6, 6.07) is 1.99. The molecule has 0 spiro atoms. The standard InChI is InChI=1S/C14H24BNO3S/c1-13(2,17)14(3,4)19-15(18)12-9-11(10-20-12)16-7-5-6-8-16/h9-10,17-18H,5-8H2,1-4H3. The van der Waals surface area contributed by atoms with Crippen LogP contribution in [-0.2, 0) is 4.65 Å². The van der Waals surface area contributed by atoms with E-state index in [0.29, 0.717) is 0 Å². The number of hydrogen-bond acceptors (Lipinski definition) is 5. The second-order valence-electron chi connectivity index (χ2n) is 6.44. The van der Waals surface area contributed by atoms with E-state index in [1.807, 2.05) is 6.07 Å². The summed E-state index contributed by atoms with van der Waals surface area (Å²) in [5.41, 5.74) is -0.695. The molecule has 1 aromatic rings. The molecule has 0 saturated carbocycles. The van der Waals surface area contributed by atoms with Crippen LogP contribution in [-0.4, -0.2) is 41.5 Å². The third-order valence-electron chi connectivity index (χ3n) is 4.20. The van der Waals surface area contributed by atoms with Crippen LogP contribution < -0.4 is 9.68 Å². The molecule has 4 nitrogen and oxygen atoms in total. The van der Waals surface area contributed by atoms with Crippen LogP contribution >= 0.6 is 11.3 Å². The maximum atomic E-state index is 10.2. The third-order valence-corrected chi connectivity index (χ3v) is 5.15. The van der Waals surface area contributed by atoms with E-state index in [-0.39, 0.29) is 0 Å². The molecule has 1 saturated heterocycles. The van der Waals surface area contributed by atoms with Crippen molar-refractivity contribution in [2.75, 3.05) is 18.0 Å². The molecule has 112 valence electrons. The minimum atomic E-state index is -1.02. The van der Waals surface area contributed by atoms with E-state index in [1.54, 1.807) is 27.7 Å². The average molecular weight is 297 g/mol. The highest BCUT2D eigenvalue weighted by Crippen LogP contribution is 2.27. The molecule has 2 heterocycles. The summed E-state index contributed by atoms with van der Waals surface area (Å²) in [6.07, 6.45) is 2.46. The van der Waals surface area contributed by atoms with Crippen LogP contribution in [0.25, 0.3) is 0 Å². The maximum absolute atomic E-state index is 10.2. The van der Waals surface area contributed by atoms with Crippen molar-refractivity contribution in [2.24, 2.45) is 0 Å². The van der Waals surface area contributed by atoms with E-state index < -0.39 is 18.3 Å². The molecule has 0 bridgehead atoms. The second kappa shape index (κ2) is 5.68. The third kappa shape index (κ3) is 3.36. The fourth-order valence-electron chi connectivity index (χ4n) is 2.09. The molecule has 0 radical (unpaired) electrons. The van der Waals surface area contributed by atoms with Gasteiger partial charge >= 0.3 is 7.12 Å². The van der Waals surface area contributed by atoms with Gasteiger partial charge in [0.05, 0.1) is 11.2 Å². The van der Waals surface area contributed by atoms with Gasteiger partial charge in [0.25, 0.3) is 0 Å². The molecule has 0 aliphatic carbocycles. The van der Waals surface area contributed by atoms with Crippen molar-refractivity contribution in [1.82, 2.24) is 0 Å². The largest absolute Gasteiger partial charge is 0.502 e. The smallest absolute Gasteiger partial charge is 0.423 e. The average Bonchev–Trinajstić information content (AvgIpc) is 2.98. The van der Waals surface area contributed by atoms with Crippen molar-refractivity contribution < 1.29 is 14.8 Å². The van der Waals surface area contributed by atoms with Crippen LogP contribution in [0.3, 0.4) is 0 Å². The summed E-state index contributed by atoms with van der Waals surface area (Å²) in [6.45, 7) is 9.11. The number of thiophene rings is 1. The van der Waals surface area contributed by atoms with Crippen molar-refractivity contribution in [3.63, 3.8) is 0 Å². The number of hydrogen-bond donors (Lipinski definition) is 2. The lowest BCUT2D eigenvalue weighted by Gasteiger charge is -2.38. The molecule has 1 fully saturated rings. The van der Waals surface area contributed by atoms with Crippen molar-refractivity contribution >= 4 is 28.9 Å². The molecule has 0 aromatic carbocycles. The minimum Gasteiger partial charge on any atom is -0.423 e. The molecule has 0 atom stereocenters. The molecular weight excluding hydrogens is 273 g/mol. The molecule has 0 unspecified atom stereocenters. The first-order chi connectivity index (χ1) is 9.21. The normalized spacial score (nSPS) is 16.8. The monoisotopic (exact) mass is 297 g/mol. The molecule has 0 amide bonds. The number of anilines is 1. The highest BCUT2D eigenvalue weighted by molar-refractivity contribution is 7.21. The van der Waals surface area contributed by atoms with Gasteiger partial charge in [-0.15, -0.1) is 0 Å².